The monoisotopic (exact) mass is 480 g/mol. The summed E-state index contributed by atoms with van der Waals surface area (Å²) < 4.78 is 10.8. The van der Waals surface area contributed by atoms with E-state index >= 15 is 0 Å². The van der Waals surface area contributed by atoms with Crippen LogP contribution in [-0.2, 0) is 21.4 Å². The third kappa shape index (κ3) is 3.01. The Balaban J connectivity index is 1.61. The fraction of sp³-hybridized carbons (Fsp3) is 0.710. The summed E-state index contributed by atoms with van der Waals surface area (Å²) >= 11 is 0. The molecule has 4 heteroatoms. The summed E-state index contributed by atoms with van der Waals surface area (Å²) in [6.45, 7) is 14.2. The van der Waals surface area contributed by atoms with Crippen LogP contribution in [0.5, 0.6) is 11.5 Å². The third-order valence-corrected chi connectivity index (χ3v) is 11.9. The molecule has 5 rings (SSSR count). The first-order chi connectivity index (χ1) is 16.3. The zero-order chi connectivity index (χ0) is 25.6. The smallest absolute Gasteiger partial charge is 0.311 e. The van der Waals surface area contributed by atoms with Crippen LogP contribution in [0.3, 0.4) is 0 Å². The van der Waals surface area contributed by atoms with Gasteiger partial charge < -0.3 is 14.6 Å². The van der Waals surface area contributed by atoms with Crippen molar-refractivity contribution in [3.05, 3.63) is 34.4 Å². The van der Waals surface area contributed by atoms with Gasteiger partial charge in [0.15, 0.2) is 11.5 Å². The number of phenolic OH excluding ortho intramolecular Hbond substituents is 1. The molecular formula is C31H44O4. The summed E-state index contributed by atoms with van der Waals surface area (Å²) in [6, 6.07) is 1.99. The van der Waals surface area contributed by atoms with Gasteiger partial charge in [0.2, 0.25) is 0 Å². The van der Waals surface area contributed by atoms with Crippen molar-refractivity contribution in [1.29, 1.82) is 0 Å². The lowest BCUT2D eigenvalue weighted by atomic mass is 9.34. The van der Waals surface area contributed by atoms with Crippen LogP contribution in [0, 0.1) is 34.5 Å². The van der Waals surface area contributed by atoms with E-state index in [1.165, 1.54) is 31.1 Å². The van der Waals surface area contributed by atoms with Crippen LogP contribution in [0.15, 0.2) is 17.7 Å². The third-order valence-electron chi connectivity index (χ3n) is 11.9. The second kappa shape index (κ2) is 7.52. The molecule has 0 bridgehead atoms. The minimum atomic E-state index is -0.395. The van der Waals surface area contributed by atoms with Crippen molar-refractivity contribution in [2.75, 3.05) is 14.2 Å². The number of hydrogen-bond acceptors (Lipinski definition) is 4. The van der Waals surface area contributed by atoms with Crippen molar-refractivity contribution in [1.82, 2.24) is 0 Å². The molecule has 1 aromatic rings. The van der Waals surface area contributed by atoms with E-state index in [4.69, 9.17) is 9.47 Å². The van der Waals surface area contributed by atoms with Crippen molar-refractivity contribution in [3.63, 3.8) is 0 Å². The number of aromatic hydroxyl groups is 1. The first-order valence-electron chi connectivity index (χ1n) is 13.5. The van der Waals surface area contributed by atoms with E-state index in [1.807, 2.05) is 6.07 Å². The Bertz CT molecular complexity index is 1120. The fourth-order valence-corrected chi connectivity index (χ4v) is 9.38. The van der Waals surface area contributed by atoms with Gasteiger partial charge in [0.1, 0.15) is 0 Å². The Kier molecular flexibility index (Phi) is 5.31. The predicted octanol–water partition coefficient (Wildman–Crippen LogP) is 7.04. The molecule has 3 saturated carbocycles. The number of fused-ring (bicyclic) bond motifs is 7. The maximum absolute atomic E-state index is 12.9. The number of carbonyl (C=O) groups excluding carboxylic acids is 1. The molecule has 0 saturated heterocycles. The quantitative estimate of drug-likeness (QED) is 0.364. The molecule has 35 heavy (non-hydrogen) atoms. The molecule has 0 heterocycles. The van der Waals surface area contributed by atoms with E-state index in [0.717, 1.165) is 44.1 Å². The van der Waals surface area contributed by atoms with E-state index < -0.39 is 5.41 Å². The number of hydrogen-bond donors (Lipinski definition) is 1. The highest BCUT2D eigenvalue weighted by Crippen LogP contribution is 2.74. The zero-order valence-electron chi connectivity index (χ0n) is 23.1. The molecule has 1 N–H and O–H groups in total. The normalized spacial score (nSPS) is 42.1. The lowest BCUT2D eigenvalue weighted by molar-refractivity contribution is -0.179. The van der Waals surface area contributed by atoms with Gasteiger partial charge in [-0.1, -0.05) is 39.3 Å². The average Bonchev–Trinajstić information content (AvgIpc) is 2.82. The van der Waals surface area contributed by atoms with Crippen LogP contribution < -0.4 is 4.74 Å². The van der Waals surface area contributed by atoms with E-state index in [2.05, 4.69) is 47.6 Å². The Hall–Kier alpha value is -1.97. The molecule has 0 amide bonds. The number of allylic oxidation sites excluding steroid dienone is 2. The maximum atomic E-state index is 12.9. The molecule has 4 nitrogen and oxygen atoms in total. The molecule has 0 aliphatic heterocycles. The molecule has 4 aliphatic carbocycles. The summed E-state index contributed by atoms with van der Waals surface area (Å²) in [7, 11) is 3.18. The molecule has 1 aromatic carbocycles. The van der Waals surface area contributed by atoms with E-state index in [9.17, 15) is 9.90 Å². The predicted molar refractivity (Wildman–Crippen MR) is 139 cm³/mol. The van der Waals surface area contributed by atoms with Crippen molar-refractivity contribution < 1.29 is 19.4 Å². The second-order valence-electron chi connectivity index (χ2n) is 13.4. The summed E-state index contributed by atoms with van der Waals surface area (Å²) in [6.07, 6.45) is 10.9. The number of rotatable bonds is 2. The van der Waals surface area contributed by atoms with Crippen LogP contribution in [0.25, 0.3) is 0 Å². The highest BCUT2D eigenvalue weighted by Gasteiger charge is 2.67. The summed E-state index contributed by atoms with van der Waals surface area (Å²) in [5.41, 5.74) is 5.17. The van der Waals surface area contributed by atoms with Gasteiger partial charge in [-0.3, -0.25) is 4.79 Å². The fourth-order valence-electron chi connectivity index (χ4n) is 9.38. The molecule has 192 valence electrons. The average molecular weight is 481 g/mol. The molecule has 4 aliphatic rings. The van der Waals surface area contributed by atoms with Crippen molar-refractivity contribution >= 4 is 5.97 Å². The number of phenols is 1. The zero-order valence-corrected chi connectivity index (χ0v) is 23.1. The van der Waals surface area contributed by atoms with Gasteiger partial charge in [-0.2, -0.15) is 0 Å². The van der Waals surface area contributed by atoms with Gasteiger partial charge >= 0.3 is 5.97 Å². The summed E-state index contributed by atoms with van der Waals surface area (Å²) in [4.78, 5) is 12.9. The largest absolute Gasteiger partial charge is 0.504 e. The first-order valence-corrected chi connectivity index (χ1v) is 13.5. The van der Waals surface area contributed by atoms with E-state index in [-0.39, 0.29) is 33.4 Å². The SMILES string of the molecule is COC(=O)[C@]1(C)CC[C@]2(C)CC[C@]3(C)C4=CCc5c(cc(O)c(OC)c5C)[C@]4(C)CC[C@@]3(C)[C@@H]2C1. The summed E-state index contributed by atoms with van der Waals surface area (Å²) in [5.74, 6) is 1.29. The number of carbonyl (C=O) groups is 1. The maximum Gasteiger partial charge on any atom is 0.311 e. The lowest BCUT2D eigenvalue weighted by Crippen LogP contribution is -2.62. The Morgan fingerprint density at radius 1 is 1.00 bits per heavy atom. The molecule has 6 atom stereocenters. The molecule has 0 aromatic heterocycles. The minimum Gasteiger partial charge on any atom is -0.504 e. The van der Waals surface area contributed by atoms with Crippen molar-refractivity contribution in [2.45, 2.75) is 98.3 Å². The van der Waals surface area contributed by atoms with Crippen molar-refractivity contribution in [3.8, 4) is 11.5 Å². The van der Waals surface area contributed by atoms with Crippen LogP contribution in [0.2, 0.25) is 0 Å². The molecular weight excluding hydrogens is 436 g/mol. The number of methoxy groups -OCH3 is 2. The van der Waals surface area contributed by atoms with Crippen LogP contribution >= 0.6 is 0 Å². The molecule has 0 spiro atoms. The van der Waals surface area contributed by atoms with Gasteiger partial charge in [-0.15, -0.1) is 0 Å². The van der Waals surface area contributed by atoms with E-state index in [0.29, 0.717) is 11.7 Å². The number of esters is 1. The van der Waals surface area contributed by atoms with Gasteiger partial charge in [-0.25, -0.2) is 0 Å². The minimum absolute atomic E-state index is 0.0400. The summed E-state index contributed by atoms with van der Waals surface area (Å²) in [5, 5.41) is 10.8. The number of ether oxygens (including phenoxy) is 2. The van der Waals surface area contributed by atoms with Gasteiger partial charge in [0.25, 0.3) is 0 Å². The standard InChI is InChI=1S/C31H44O4/c1-19-20-9-10-23-29(4,21(20)17-22(32)25(19)34-7)14-16-31(6)24-18-28(3,26(33)35-8)12-11-27(24,2)13-15-30(23,31)5/h10,17,24,32H,9,11-16,18H2,1-8H3/t24-,27-,28-,29+,30-,31+/m1/s1. The topological polar surface area (TPSA) is 55.8 Å². The highest BCUT2D eigenvalue weighted by molar-refractivity contribution is 5.76. The lowest BCUT2D eigenvalue weighted by Gasteiger charge is -2.70. The highest BCUT2D eigenvalue weighted by atomic mass is 16.5. The Morgan fingerprint density at radius 2 is 1.69 bits per heavy atom. The van der Waals surface area contributed by atoms with Crippen LogP contribution in [-0.4, -0.2) is 25.3 Å². The Labute approximate surface area is 211 Å². The van der Waals surface area contributed by atoms with Crippen molar-refractivity contribution in [2.24, 2.45) is 27.6 Å². The molecule has 0 unspecified atom stereocenters. The van der Waals surface area contributed by atoms with Crippen LogP contribution in [0.4, 0.5) is 0 Å². The van der Waals surface area contributed by atoms with Gasteiger partial charge in [0.05, 0.1) is 19.6 Å². The van der Waals surface area contributed by atoms with Gasteiger partial charge in [0, 0.05) is 5.41 Å². The van der Waals surface area contributed by atoms with Gasteiger partial charge in [-0.05, 0) is 110 Å². The van der Waals surface area contributed by atoms with Crippen LogP contribution in [0.1, 0.15) is 96.3 Å². The molecule has 3 fully saturated rings. The van der Waals surface area contributed by atoms with E-state index in [1.54, 1.807) is 12.7 Å². The first kappa shape index (κ1) is 24.7. The number of benzene rings is 1. The molecule has 0 radical (unpaired) electrons. The second-order valence-corrected chi connectivity index (χ2v) is 13.4. The Morgan fingerprint density at radius 3 is 2.34 bits per heavy atom.